The maximum absolute atomic E-state index is 10.4. The van der Waals surface area contributed by atoms with Crippen molar-refractivity contribution in [3.63, 3.8) is 0 Å². The molecule has 13 heavy (non-hydrogen) atoms. The predicted octanol–water partition coefficient (Wildman–Crippen LogP) is 2.65. The topological polar surface area (TPSA) is 26.3 Å². The normalized spacial score (nSPS) is 12.2. The van der Waals surface area contributed by atoms with Gasteiger partial charge in [0.1, 0.15) is 5.75 Å². The van der Waals surface area contributed by atoms with Gasteiger partial charge >= 0.3 is 11.7 Å². The molecule has 1 atom stereocenters. The molecule has 0 saturated heterocycles. The number of rotatable bonds is 4. The summed E-state index contributed by atoms with van der Waals surface area (Å²) in [6, 6.07) is 7.20. The minimum absolute atomic E-state index is 0.228. The van der Waals surface area contributed by atoms with Crippen LogP contribution in [0.3, 0.4) is 0 Å². The van der Waals surface area contributed by atoms with Crippen LogP contribution in [0.1, 0.15) is 20.3 Å². The second kappa shape index (κ2) is 4.92. The van der Waals surface area contributed by atoms with Crippen molar-refractivity contribution in [1.29, 1.82) is 0 Å². The lowest BCUT2D eigenvalue weighted by molar-refractivity contribution is 0.217. The zero-order chi connectivity index (χ0) is 9.68. The highest BCUT2D eigenvalue weighted by Gasteiger charge is 2.06. The molecule has 0 N–H and O–H groups in total. The van der Waals surface area contributed by atoms with Crippen LogP contribution in [0.5, 0.6) is 5.75 Å². The summed E-state index contributed by atoms with van der Waals surface area (Å²) >= 11 is 0.497. The van der Waals surface area contributed by atoms with Gasteiger partial charge < -0.3 is 4.74 Å². The van der Waals surface area contributed by atoms with Crippen molar-refractivity contribution in [2.75, 3.05) is 0 Å². The van der Waals surface area contributed by atoms with Crippen molar-refractivity contribution in [3.8, 4) is 5.75 Å². The first-order valence-electron chi connectivity index (χ1n) is 4.32. The third-order valence-electron chi connectivity index (χ3n) is 1.83. The quantitative estimate of drug-likeness (QED) is 0.694. The van der Waals surface area contributed by atoms with Crippen LogP contribution in [0.15, 0.2) is 29.2 Å². The predicted molar refractivity (Wildman–Crippen MR) is 53.1 cm³/mol. The van der Waals surface area contributed by atoms with Gasteiger partial charge in [-0.2, -0.15) is 0 Å². The summed E-state index contributed by atoms with van der Waals surface area (Å²) in [5, 5.41) is 0. The minimum atomic E-state index is 0.228. The van der Waals surface area contributed by atoms with Crippen LogP contribution in [0.4, 0.5) is 0 Å². The maximum Gasteiger partial charge on any atom is 0.505 e. The molecule has 0 radical (unpaired) electrons. The molecule has 0 aliphatic rings. The van der Waals surface area contributed by atoms with Gasteiger partial charge in [-0.1, -0.05) is 6.92 Å². The fourth-order valence-corrected chi connectivity index (χ4v) is 1.14. The van der Waals surface area contributed by atoms with Gasteiger partial charge in [-0.15, -0.1) is 0 Å². The molecule has 3 heteroatoms. The van der Waals surface area contributed by atoms with Gasteiger partial charge in [0.05, 0.1) is 6.10 Å². The molecule has 1 unspecified atom stereocenters. The smallest absolute Gasteiger partial charge is 0.491 e. The lowest BCUT2D eigenvalue weighted by Gasteiger charge is -2.11. The van der Waals surface area contributed by atoms with Gasteiger partial charge in [-0.25, -0.2) is 0 Å². The van der Waals surface area contributed by atoms with Gasteiger partial charge in [0.2, 0.25) is 0 Å². The fourth-order valence-electron chi connectivity index (χ4n) is 0.889. The van der Waals surface area contributed by atoms with Crippen LogP contribution in [0, 0.1) is 0 Å². The van der Waals surface area contributed by atoms with Crippen molar-refractivity contribution < 1.29 is 8.95 Å². The van der Waals surface area contributed by atoms with Gasteiger partial charge in [0.25, 0.3) is 4.90 Å². The molecular formula is C10H13O2S+. The first-order chi connectivity index (χ1) is 6.26. The Morgan fingerprint density at radius 3 is 2.46 bits per heavy atom. The number of hydrogen-bond acceptors (Lipinski definition) is 2. The zero-order valence-electron chi connectivity index (χ0n) is 7.82. The molecule has 1 rings (SSSR count). The average Bonchev–Trinajstić information content (AvgIpc) is 2.19. The summed E-state index contributed by atoms with van der Waals surface area (Å²) in [5.74, 6) is 0.826. The summed E-state index contributed by atoms with van der Waals surface area (Å²) in [4.78, 5) is 0.719. The molecule has 0 aliphatic carbocycles. The number of ether oxygens (including phenoxy) is 1. The van der Waals surface area contributed by atoms with Crippen molar-refractivity contribution in [2.45, 2.75) is 31.3 Å². The van der Waals surface area contributed by atoms with Crippen LogP contribution in [-0.4, -0.2) is 6.10 Å². The molecule has 0 aliphatic heterocycles. The third kappa shape index (κ3) is 3.11. The van der Waals surface area contributed by atoms with Crippen LogP contribution >= 0.6 is 0 Å². The van der Waals surface area contributed by atoms with E-state index in [1.807, 2.05) is 19.1 Å². The molecule has 2 nitrogen and oxygen atoms in total. The van der Waals surface area contributed by atoms with Crippen molar-refractivity contribution in [2.24, 2.45) is 0 Å². The number of benzene rings is 1. The van der Waals surface area contributed by atoms with Crippen molar-refractivity contribution in [1.82, 2.24) is 0 Å². The molecule has 0 heterocycles. The van der Waals surface area contributed by atoms with Crippen LogP contribution < -0.4 is 4.74 Å². The van der Waals surface area contributed by atoms with E-state index >= 15 is 0 Å². The van der Waals surface area contributed by atoms with E-state index in [9.17, 15) is 4.21 Å². The monoisotopic (exact) mass is 197 g/mol. The van der Waals surface area contributed by atoms with Gasteiger partial charge in [0, 0.05) is 16.3 Å². The number of hydrogen-bond donors (Lipinski definition) is 0. The first kappa shape index (κ1) is 10.1. The van der Waals surface area contributed by atoms with E-state index in [2.05, 4.69) is 6.92 Å². The van der Waals surface area contributed by atoms with E-state index < -0.39 is 0 Å². The van der Waals surface area contributed by atoms with Crippen molar-refractivity contribution in [3.05, 3.63) is 24.3 Å². The Bertz CT molecular complexity index is 269. The van der Waals surface area contributed by atoms with E-state index in [0.717, 1.165) is 17.1 Å². The highest BCUT2D eigenvalue weighted by atomic mass is 32.1. The van der Waals surface area contributed by atoms with Crippen LogP contribution in [0.25, 0.3) is 0 Å². The fraction of sp³-hybridized carbons (Fsp3) is 0.400. The summed E-state index contributed by atoms with van der Waals surface area (Å²) in [5.41, 5.74) is 0. The molecule has 0 bridgehead atoms. The Labute approximate surface area is 82.4 Å². The molecule has 0 spiro atoms. The zero-order valence-corrected chi connectivity index (χ0v) is 8.64. The molecule has 0 aromatic heterocycles. The summed E-state index contributed by atoms with van der Waals surface area (Å²) < 4.78 is 15.9. The molecular weight excluding hydrogens is 184 g/mol. The van der Waals surface area contributed by atoms with Gasteiger partial charge in [-0.05, 0) is 25.5 Å². The van der Waals surface area contributed by atoms with E-state index in [-0.39, 0.29) is 6.10 Å². The molecule has 1 aromatic rings. The Balaban J connectivity index is 2.63. The SMILES string of the molecule is CCC(C)Oc1ccc([S+]=O)cc1. The molecule has 0 fully saturated rings. The van der Waals surface area contributed by atoms with E-state index in [1.165, 1.54) is 0 Å². The van der Waals surface area contributed by atoms with Gasteiger partial charge in [-0.3, -0.25) is 0 Å². The Hall–Kier alpha value is -0.960. The third-order valence-corrected chi connectivity index (χ3v) is 2.30. The highest BCUT2D eigenvalue weighted by molar-refractivity contribution is 7.65. The Kier molecular flexibility index (Phi) is 3.83. The van der Waals surface area contributed by atoms with Crippen LogP contribution in [0.2, 0.25) is 0 Å². The Morgan fingerprint density at radius 1 is 1.38 bits per heavy atom. The lowest BCUT2D eigenvalue weighted by atomic mass is 10.3. The maximum atomic E-state index is 10.4. The second-order valence-corrected chi connectivity index (χ2v) is 3.53. The molecule has 1 aromatic carbocycles. The van der Waals surface area contributed by atoms with E-state index in [4.69, 9.17) is 4.74 Å². The minimum Gasteiger partial charge on any atom is -0.491 e. The largest absolute Gasteiger partial charge is 0.505 e. The highest BCUT2D eigenvalue weighted by Crippen LogP contribution is 2.14. The molecule has 0 saturated carbocycles. The second-order valence-electron chi connectivity index (χ2n) is 2.89. The van der Waals surface area contributed by atoms with Crippen molar-refractivity contribution >= 4 is 11.7 Å². The standard InChI is InChI=1S/C10H13O2S/c1-3-8(2)12-9-4-6-10(13-11)7-5-9/h4-8H,3H2,1-2H3/q+1. The van der Waals surface area contributed by atoms with Crippen LogP contribution in [-0.2, 0) is 15.9 Å². The summed E-state index contributed by atoms with van der Waals surface area (Å²) in [6.07, 6.45) is 1.21. The van der Waals surface area contributed by atoms with Gasteiger partial charge in [0.15, 0.2) is 0 Å². The summed E-state index contributed by atoms with van der Waals surface area (Å²) in [7, 11) is 0. The lowest BCUT2D eigenvalue weighted by Crippen LogP contribution is -2.09. The van der Waals surface area contributed by atoms with E-state index in [0.29, 0.717) is 11.7 Å². The molecule has 70 valence electrons. The first-order valence-corrected chi connectivity index (χ1v) is 5.07. The van der Waals surface area contributed by atoms with E-state index in [1.54, 1.807) is 12.1 Å². The molecule has 0 amide bonds. The Morgan fingerprint density at radius 2 is 2.00 bits per heavy atom. The summed E-state index contributed by atoms with van der Waals surface area (Å²) in [6.45, 7) is 4.10. The average molecular weight is 197 g/mol.